The number of fused-ring (bicyclic) bond motifs is 3. The first-order valence-corrected chi connectivity index (χ1v) is 36.7. The third-order valence-corrected chi connectivity index (χ3v) is 20.0. The smallest absolute Gasteiger partial charge is 0.224 e. The molecule has 0 radical (unpaired) electrons. The molecule has 2 amide bonds. The van der Waals surface area contributed by atoms with E-state index in [-0.39, 0.29) is 34.0 Å². The van der Waals surface area contributed by atoms with Crippen molar-refractivity contribution < 1.29 is 33.3 Å². The predicted octanol–water partition coefficient (Wildman–Crippen LogP) is 12.7. The van der Waals surface area contributed by atoms with Crippen molar-refractivity contribution >= 4 is 107 Å². The summed E-state index contributed by atoms with van der Waals surface area (Å²) in [5.41, 5.74) is 7.75. The van der Waals surface area contributed by atoms with Crippen LogP contribution in [0.5, 0.6) is 23.0 Å². The summed E-state index contributed by atoms with van der Waals surface area (Å²) in [4.78, 5) is 33.8. The lowest BCUT2D eigenvalue weighted by Gasteiger charge is -2.15. The molecule has 0 saturated heterocycles. The Morgan fingerprint density at radius 3 is 1.25 bits per heavy atom. The first-order chi connectivity index (χ1) is 49.3. The van der Waals surface area contributed by atoms with Crippen LogP contribution in [0.25, 0.3) is 69.3 Å². The first kappa shape index (κ1) is 76.5. The third kappa shape index (κ3) is 17.2. The molecule has 2 N–H and O–H groups in total. The number of amides is 2. The molecule has 0 aliphatic carbocycles. The van der Waals surface area contributed by atoms with Gasteiger partial charge in [-0.25, -0.2) is 0 Å². The number of hydrogen-bond donors (Lipinski definition) is 2. The van der Waals surface area contributed by atoms with Crippen LogP contribution in [-0.2, 0) is 30.6 Å². The summed E-state index contributed by atoms with van der Waals surface area (Å²) in [5, 5.41) is 54.2. The molecule has 104 heavy (non-hydrogen) atoms. The van der Waals surface area contributed by atoms with E-state index < -0.39 is 0 Å². The molecule has 12 aromatic rings. The van der Waals surface area contributed by atoms with Crippen molar-refractivity contribution in [1.29, 1.82) is 0 Å². The highest BCUT2D eigenvalue weighted by atomic mass is 32.1. The summed E-state index contributed by atoms with van der Waals surface area (Å²) in [6.45, 7) is 28.2. The standard InChI is InChI=1S/C30H40N6O3S.C24H28N6O2S.C23H27N5O2S/c1-9-38-14-15-39-24-12-10-20(31-25(37)16-19(2)3)17-22(24)28-32-33-29-23(27(30(4,5)6)34-36(28)29)18-21-11-13-26(40-21)35(7)8;1-14(31)25-15-8-10-19(32-7)17(12-15)22-26-27-23-18(21(24(2,3)4)28-30(22)23)13-16-9-11-20(33-16)29(5)6;1-23(2,3)20-15(13-14-11-12-18(31-14)27(4)5)21-24-25-22(28(21)26-20)19-16(29-6)9-8-10-17(19)30-7/h10-13,17-19H,9,14-16H2,1-8H3,(H,31,37);8-13H,1-7H3,(H,25,31);8-13H,1-7H3/b23-18-;18-13-;15-13-. The van der Waals surface area contributed by atoms with Crippen molar-refractivity contribution in [2.75, 3.05) is 109 Å². The summed E-state index contributed by atoms with van der Waals surface area (Å²) >= 11 is 5.15. The second-order valence-electron chi connectivity index (χ2n) is 29.0. The highest BCUT2D eigenvalue weighted by Crippen LogP contribution is 2.39. The Hall–Kier alpha value is -10.1. The number of nitrogens with zero attached hydrogens (tertiary/aromatic N) is 15. The number of methoxy groups -OCH3 is 3. The average Bonchev–Trinajstić information content (AvgIpc) is 1.61. The van der Waals surface area contributed by atoms with Gasteiger partial charge in [0.2, 0.25) is 11.8 Å². The van der Waals surface area contributed by atoms with E-state index in [1.54, 1.807) is 81.0 Å². The van der Waals surface area contributed by atoms with Crippen LogP contribution in [-0.4, -0.2) is 155 Å². The van der Waals surface area contributed by atoms with Crippen LogP contribution in [0.1, 0.15) is 128 Å². The van der Waals surface area contributed by atoms with Crippen molar-refractivity contribution in [3.05, 3.63) is 138 Å². The Labute approximate surface area is 619 Å². The van der Waals surface area contributed by atoms with Crippen LogP contribution in [0.4, 0.5) is 26.4 Å². The summed E-state index contributed by atoms with van der Waals surface area (Å²) in [7, 11) is 17.1. The van der Waals surface area contributed by atoms with Gasteiger partial charge >= 0.3 is 0 Å². The van der Waals surface area contributed by atoms with Gasteiger partial charge in [0.1, 0.15) is 35.2 Å². The molecule has 0 bridgehead atoms. The second-order valence-corrected chi connectivity index (χ2v) is 32.3. The monoisotopic (exact) mass is 1470 g/mol. The number of hydrogen-bond acceptors (Lipinski definition) is 22. The topological polar surface area (TPSA) is 243 Å². The Kier molecular flexibility index (Phi) is 23.5. The summed E-state index contributed by atoms with van der Waals surface area (Å²) in [6.07, 6.45) is 6.86. The number of aromatic nitrogens is 12. The van der Waals surface area contributed by atoms with E-state index in [0.29, 0.717) is 106 Å². The van der Waals surface area contributed by atoms with Crippen LogP contribution in [0, 0.1) is 5.92 Å². The van der Waals surface area contributed by atoms with Crippen molar-refractivity contribution in [3.8, 4) is 57.2 Å². The summed E-state index contributed by atoms with van der Waals surface area (Å²) in [6, 6.07) is 29.3. The molecule has 548 valence electrons. The lowest BCUT2D eigenvalue weighted by molar-refractivity contribution is -0.117. The fraction of sp³-hybridized carbons (Fsp3) is 0.390. The molecule has 0 aliphatic rings. The zero-order chi connectivity index (χ0) is 75.3. The van der Waals surface area contributed by atoms with Gasteiger partial charge in [-0.2, -0.15) is 28.8 Å². The van der Waals surface area contributed by atoms with Gasteiger partial charge in [-0.1, -0.05) is 82.2 Å². The minimum atomic E-state index is -0.227. The molecular weight excluding hydrogens is 1370 g/mol. The van der Waals surface area contributed by atoms with Gasteiger partial charge in [0.25, 0.3) is 0 Å². The van der Waals surface area contributed by atoms with Crippen molar-refractivity contribution in [2.24, 2.45) is 5.92 Å². The predicted molar refractivity (Wildman–Crippen MR) is 421 cm³/mol. The molecule has 0 atom stereocenters. The first-order valence-electron chi connectivity index (χ1n) is 34.3. The molecule has 9 aromatic heterocycles. The number of carbonyl (C=O) groups excluding carboxylic acids is 2. The van der Waals surface area contributed by atoms with Gasteiger partial charge in [0.15, 0.2) is 34.4 Å². The molecule has 0 aliphatic heterocycles. The van der Waals surface area contributed by atoms with E-state index in [1.807, 2.05) is 106 Å². The molecule has 3 aromatic carbocycles. The number of benzene rings is 3. The van der Waals surface area contributed by atoms with E-state index in [9.17, 15) is 9.59 Å². The fourth-order valence-electron chi connectivity index (χ4n) is 11.4. The highest BCUT2D eigenvalue weighted by Gasteiger charge is 2.30. The SMILES string of the molecule is CCOCCOc1ccc(NC(=O)CC(C)C)cc1-c1nnc2/c(=C\c3ccc(N(C)C)s3)c(C(C)(C)C)nn12.COc1ccc(NC(C)=O)cc1-c1nnc2/c(=C\c3ccc(N(C)C)s3)c(C(C)(C)C)nn12.COc1cccc(OC)c1-c1nnc2/c(=C\c3ccc(N(C)C)s3)c(C(C)(C)C)nn12. The Balaban J connectivity index is 0.000000169. The fourth-order valence-corrected chi connectivity index (χ4v) is 14.1. The minimum Gasteiger partial charge on any atom is -0.496 e. The van der Waals surface area contributed by atoms with Crippen LogP contribution in [0.15, 0.2) is 91.0 Å². The molecule has 9 heterocycles. The molecule has 0 saturated carbocycles. The highest BCUT2D eigenvalue weighted by molar-refractivity contribution is 7.17. The van der Waals surface area contributed by atoms with E-state index in [4.69, 9.17) is 39.0 Å². The van der Waals surface area contributed by atoms with E-state index in [0.717, 1.165) is 52.9 Å². The maximum absolute atomic E-state index is 12.5. The Morgan fingerprint density at radius 2 is 0.885 bits per heavy atom. The average molecular weight is 1470 g/mol. The van der Waals surface area contributed by atoms with Gasteiger partial charge in [0, 0.05) is 120 Å². The van der Waals surface area contributed by atoms with Crippen LogP contribution in [0.2, 0.25) is 0 Å². The third-order valence-electron chi connectivity index (χ3n) is 16.4. The number of ether oxygens (including phenoxy) is 5. The van der Waals surface area contributed by atoms with Gasteiger partial charge in [-0.3, -0.25) is 9.59 Å². The van der Waals surface area contributed by atoms with Crippen LogP contribution < -0.4 is 59.9 Å². The van der Waals surface area contributed by atoms with E-state index in [2.05, 4.69) is 173 Å². The molecule has 0 spiro atoms. The number of anilines is 5. The number of carbonyl (C=O) groups is 2. The lowest BCUT2D eigenvalue weighted by Crippen LogP contribution is -2.22. The largest absolute Gasteiger partial charge is 0.496 e. The maximum Gasteiger partial charge on any atom is 0.224 e. The van der Waals surface area contributed by atoms with E-state index >= 15 is 0 Å². The second kappa shape index (κ2) is 31.9. The zero-order valence-corrected chi connectivity index (χ0v) is 66.0. The van der Waals surface area contributed by atoms with Gasteiger partial charge in [-0.15, -0.1) is 64.6 Å². The molecular formula is C77H95N17O7S3. The van der Waals surface area contributed by atoms with Crippen LogP contribution in [0.3, 0.4) is 0 Å². The van der Waals surface area contributed by atoms with Crippen molar-refractivity contribution in [3.63, 3.8) is 0 Å². The number of rotatable bonds is 21. The van der Waals surface area contributed by atoms with E-state index in [1.165, 1.54) is 21.9 Å². The van der Waals surface area contributed by atoms with Gasteiger partial charge in [-0.05, 0) is 116 Å². The summed E-state index contributed by atoms with van der Waals surface area (Å²) < 4.78 is 33.7. The van der Waals surface area contributed by atoms with Crippen LogP contribution >= 0.6 is 34.0 Å². The molecule has 27 heteroatoms. The van der Waals surface area contributed by atoms with Crippen molar-refractivity contribution in [1.82, 2.24) is 59.4 Å². The maximum atomic E-state index is 12.5. The minimum absolute atomic E-state index is 0.0382. The number of thiophene rings is 3. The molecule has 24 nitrogen and oxygen atoms in total. The zero-order valence-electron chi connectivity index (χ0n) is 63.6. The van der Waals surface area contributed by atoms with Gasteiger partial charge < -0.3 is 49.0 Å². The Bertz CT molecular complexity index is 5170. The lowest BCUT2D eigenvalue weighted by atomic mass is 9.91. The molecule has 0 unspecified atom stereocenters. The van der Waals surface area contributed by atoms with Crippen molar-refractivity contribution in [2.45, 2.75) is 113 Å². The van der Waals surface area contributed by atoms with Gasteiger partial charge in [0.05, 0.1) is 71.1 Å². The summed E-state index contributed by atoms with van der Waals surface area (Å²) in [5.74, 6) is 4.33. The molecule has 12 rings (SSSR count). The Morgan fingerprint density at radius 1 is 0.500 bits per heavy atom. The number of nitrogens with one attached hydrogen (secondary N) is 2. The normalized spacial score (nSPS) is 12.5. The molecule has 0 fully saturated rings. The quantitative estimate of drug-likeness (QED) is 0.0635.